The minimum Gasteiger partial charge on any atom is -0.508 e. The fraction of sp³-hybridized carbons (Fsp3) is 0.423. The molecule has 9 unspecified atom stereocenters. The van der Waals surface area contributed by atoms with Crippen LogP contribution in [0.2, 0.25) is 0 Å². The second kappa shape index (κ2) is 11.5. The predicted molar refractivity (Wildman–Crippen MR) is 136 cm³/mol. The molecule has 2 aromatic carbocycles. The molecule has 0 aliphatic carbocycles. The minimum atomic E-state index is -1.87. The van der Waals surface area contributed by atoms with E-state index in [1.807, 2.05) is 0 Å². The molecule has 0 spiro atoms. The molecule has 16 heteroatoms. The minimum absolute atomic E-state index is 0.0224. The van der Waals surface area contributed by atoms with Crippen LogP contribution in [-0.4, -0.2) is 120 Å². The zero-order valence-electron chi connectivity index (χ0n) is 21.4. The predicted octanol–water partition coefficient (Wildman–Crippen LogP) is -2.43. The first-order valence-electron chi connectivity index (χ1n) is 12.6. The quantitative estimate of drug-likeness (QED) is 0.127. The maximum atomic E-state index is 14.0. The Labute approximate surface area is 235 Å². The zero-order valence-corrected chi connectivity index (χ0v) is 21.4. The average Bonchev–Trinajstić information content (AvgIpc) is 3.23. The van der Waals surface area contributed by atoms with Gasteiger partial charge in [-0.2, -0.15) is 0 Å². The van der Waals surface area contributed by atoms with Crippen molar-refractivity contribution in [2.45, 2.75) is 55.3 Å². The van der Waals surface area contributed by atoms with Gasteiger partial charge in [-0.1, -0.05) is 0 Å². The van der Waals surface area contributed by atoms with Crippen LogP contribution in [0.3, 0.4) is 0 Å². The highest BCUT2D eigenvalue weighted by Gasteiger charge is 2.46. The Morgan fingerprint density at radius 3 is 1.93 bits per heavy atom. The van der Waals surface area contributed by atoms with Gasteiger partial charge in [0.1, 0.15) is 65.2 Å². The van der Waals surface area contributed by atoms with Crippen molar-refractivity contribution < 1.29 is 74.4 Å². The van der Waals surface area contributed by atoms with Gasteiger partial charge in [-0.15, -0.1) is 0 Å². The van der Waals surface area contributed by atoms with E-state index in [-0.39, 0.29) is 16.9 Å². The number of ether oxygens (including phenoxy) is 4. The lowest BCUT2D eigenvalue weighted by Crippen LogP contribution is -2.60. The topological polar surface area (TPSA) is 269 Å². The number of aromatic hydroxyl groups is 3. The van der Waals surface area contributed by atoms with E-state index in [4.69, 9.17) is 23.4 Å². The third-order valence-electron chi connectivity index (χ3n) is 6.96. The van der Waals surface area contributed by atoms with Gasteiger partial charge in [0.15, 0.2) is 17.3 Å². The van der Waals surface area contributed by atoms with Gasteiger partial charge in [0.05, 0.1) is 13.2 Å². The van der Waals surface area contributed by atoms with Crippen LogP contribution >= 0.6 is 0 Å². The summed E-state index contributed by atoms with van der Waals surface area (Å²) >= 11 is 0. The maximum Gasteiger partial charge on any atom is 0.239 e. The number of aliphatic hydroxyl groups is 7. The van der Waals surface area contributed by atoms with Crippen molar-refractivity contribution in [2.75, 3.05) is 13.2 Å². The van der Waals surface area contributed by atoms with Crippen molar-refractivity contribution in [1.29, 1.82) is 0 Å². The molecule has 3 aromatic rings. The van der Waals surface area contributed by atoms with Crippen molar-refractivity contribution >= 4 is 11.0 Å². The lowest BCUT2D eigenvalue weighted by molar-refractivity contribution is -0.277. The molecule has 42 heavy (non-hydrogen) atoms. The normalized spacial score (nSPS) is 31.4. The summed E-state index contributed by atoms with van der Waals surface area (Å²) in [7, 11) is 0. The summed E-state index contributed by atoms with van der Waals surface area (Å²) in [6.45, 7) is -1.46. The molecule has 0 amide bonds. The molecular weight excluding hydrogens is 568 g/mol. The Balaban J connectivity index is 1.66. The van der Waals surface area contributed by atoms with Gasteiger partial charge in [-0.25, -0.2) is 0 Å². The van der Waals surface area contributed by atoms with Crippen molar-refractivity contribution in [3.05, 3.63) is 40.6 Å². The number of phenols is 3. The van der Waals surface area contributed by atoms with E-state index in [1.165, 1.54) is 6.07 Å². The third-order valence-corrected chi connectivity index (χ3v) is 6.96. The number of fused-ring (bicyclic) bond motifs is 1. The van der Waals surface area contributed by atoms with Crippen molar-refractivity contribution in [2.24, 2.45) is 0 Å². The van der Waals surface area contributed by atoms with Gasteiger partial charge in [0, 0.05) is 17.7 Å². The molecule has 3 heterocycles. The Morgan fingerprint density at radius 2 is 1.31 bits per heavy atom. The number of rotatable bonds is 7. The highest BCUT2D eigenvalue weighted by Crippen LogP contribution is 2.40. The molecule has 228 valence electrons. The summed E-state index contributed by atoms with van der Waals surface area (Å²) in [5.74, 6) is -3.11. The van der Waals surface area contributed by atoms with E-state index < -0.39 is 108 Å². The summed E-state index contributed by atoms with van der Waals surface area (Å²) in [5.41, 5.74) is -1.36. The lowest BCUT2D eigenvalue weighted by atomic mass is 9.99. The fourth-order valence-electron chi connectivity index (χ4n) is 4.68. The molecule has 16 nitrogen and oxygen atoms in total. The van der Waals surface area contributed by atoms with Gasteiger partial charge in [0.25, 0.3) is 0 Å². The molecule has 0 radical (unpaired) electrons. The molecule has 2 aliphatic heterocycles. The molecule has 2 aliphatic rings. The Morgan fingerprint density at radius 1 is 0.714 bits per heavy atom. The van der Waals surface area contributed by atoms with Crippen LogP contribution in [0, 0.1) is 0 Å². The van der Waals surface area contributed by atoms with E-state index >= 15 is 0 Å². The Kier molecular flexibility index (Phi) is 8.17. The molecule has 0 saturated carbocycles. The molecule has 2 saturated heterocycles. The van der Waals surface area contributed by atoms with Crippen LogP contribution in [-0.2, 0) is 9.47 Å². The van der Waals surface area contributed by atoms with Crippen molar-refractivity contribution in [3.63, 3.8) is 0 Å². The molecular formula is C26H28O16. The highest BCUT2D eigenvalue weighted by molar-refractivity contribution is 5.88. The summed E-state index contributed by atoms with van der Waals surface area (Å²) in [6.07, 6.45) is -14.8. The van der Waals surface area contributed by atoms with Crippen molar-refractivity contribution in [3.8, 4) is 40.1 Å². The Bertz CT molecular complexity index is 1500. The first kappa shape index (κ1) is 29.8. The number of aliphatic hydroxyl groups excluding tert-OH is 7. The van der Waals surface area contributed by atoms with E-state index in [2.05, 4.69) is 0 Å². The van der Waals surface area contributed by atoms with Crippen LogP contribution in [0.25, 0.3) is 22.3 Å². The van der Waals surface area contributed by atoms with Gasteiger partial charge >= 0.3 is 0 Å². The van der Waals surface area contributed by atoms with Gasteiger partial charge < -0.3 is 74.4 Å². The van der Waals surface area contributed by atoms with Crippen LogP contribution in [0.15, 0.2) is 39.5 Å². The number of hydrogen-bond donors (Lipinski definition) is 10. The standard InChI is InChI=1S/C26H28O16/c27-6-14-17(32)20(35)22(37)25(40-14)39-13-5-9(29)4-12-16(13)19(34)24(42-26-21(36)18(33)15(7-28)41-26)23(38-12)8-1-2-10(30)11(31)3-8/h1-5,14-15,17-18,20-22,25-33,35-37H,6-7H2. The monoisotopic (exact) mass is 596 g/mol. The van der Waals surface area contributed by atoms with Crippen LogP contribution in [0.4, 0.5) is 0 Å². The molecule has 0 bridgehead atoms. The first-order chi connectivity index (χ1) is 19.9. The summed E-state index contributed by atoms with van der Waals surface area (Å²) in [5, 5.41) is 99.8. The smallest absolute Gasteiger partial charge is 0.239 e. The maximum absolute atomic E-state index is 14.0. The molecule has 1 aromatic heterocycles. The summed E-state index contributed by atoms with van der Waals surface area (Å²) < 4.78 is 27.8. The third kappa shape index (κ3) is 5.19. The second-order valence-electron chi connectivity index (χ2n) is 9.75. The molecule has 9 atom stereocenters. The average molecular weight is 596 g/mol. The van der Waals surface area contributed by atoms with Crippen molar-refractivity contribution in [1.82, 2.24) is 0 Å². The lowest BCUT2D eigenvalue weighted by Gasteiger charge is -2.39. The molecule has 5 rings (SSSR count). The largest absolute Gasteiger partial charge is 0.508 e. The second-order valence-corrected chi connectivity index (χ2v) is 9.75. The summed E-state index contributed by atoms with van der Waals surface area (Å²) in [4.78, 5) is 14.0. The zero-order chi connectivity index (χ0) is 30.5. The number of phenolic OH excluding ortho intramolecular Hbond substituents is 3. The van der Waals surface area contributed by atoms with Crippen LogP contribution < -0.4 is 14.9 Å². The Hall–Kier alpha value is -3.71. The van der Waals surface area contributed by atoms with Crippen LogP contribution in [0.1, 0.15) is 0 Å². The van der Waals surface area contributed by atoms with E-state index in [0.717, 1.165) is 24.3 Å². The molecule has 2 fully saturated rings. The van der Waals surface area contributed by atoms with E-state index in [1.54, 1.807) is 0 Å². The van der Waals surface area contributed by atoms with Gasteiger partial charge in [0.2, 0.25) is 23.8 Å². The number of hydrogen-bond acceptors (Lipinski definition) is 16. The highest BCUT2D eigenvalue weighted by atomic mass is 16.7. The van der Waals surface area contributed by atoms with Gasteiger partial charge in [-0.05, 0) is 18.2 Å². The first-order valence-corrected chi connectivity index (χ1v) is 12.6. The van der Waals surface area contributed by atoms with Crippen LogP contribution in [0.5, 0.6) is 28.7 Å². The number of benzene rings is 2. The van der Waals surface area contributed by atoms with Gasteiger partial charge in [-0.3, -0.25) is 4.79 Å². The summed E-state index contributed by atoms with van der Waals surface area (Å²) in [6, 6.07) is 5.33. The van der Waals surface area contributed by atoms with E-state index in [0.29, 0.717) is 0 Å². The molecule has 10 N–H and O–H groups in total. The SMILES string of the molecule is O=c1c(OC2OC(CO)C(O)C2O)c(-c2ccc(O)c(O)c2)oc2cc(O)cc(OC3OC(CO)C(O)C(O)C3O)c12. The fourth-order valence-corrected chi connectivity index (χ4v) is 4.68. The van der Waals surface area contributed by atoms with E-state index in [9.17, 15) is 55.9 Å².